The summed E-state index contributed by atoms with van der Waals surface area (Å²) < 4.78 is 0. The van der Waals surface area contributed by atoms with Gasteiger partial charge in [0.25, 0.3) is 5.91 Å². The Morgan fingerprint density at radius 1 is 0.967 bits per heavy atom. The minimum absolute atomic E-state index is 0.0471. The molecule has 0 aromatic heterocycles. The average Bonchev–Trinajstić information content (AvgIpc) is 2.82. The van der Waals surface area contributed by atoms with Gasteiger partial charge in [-0.15, -0.1) is 0 Å². The molecule has 1 saturated heterocycles. The van der Waals surface area contributed by atoms with Crippen molar-refractivity contribution in [3.8, 4) is 0 Å². The molecular formula is C27H32N2O. The molecule has 30 heavy (non-hydrogen) atoms. The average molecular weight is 401 g/mol. The summed E-state index contributed by atoms with van der Waals surface area (Å²) in [6, 6.07) is 24.8. The molecule has 1 fully saturated rings. The highest BCUT2D eigenvalue weighted by atomic mass is 16.1. The predicted molar refractivity (Wildman–Crippen MR) is 125 cm³/mol. The maximum absolute atomic E-state index is 12.8. The molecule has 3 nitrogen and oxygen atoms in total. The third-order valence-corrected chi connectivity index (χ3v) is 6.54. The summed E-state index contributed by atoms with van der Waals surface area (Å²) >= 11 is 0. The number of fused-ring (bicyclic) bond motifs is 1. The number of nitrogens with zero attached hydrogens (tertiary/aromatic N) is 1. The maximum atomic E-state index is 12.8. The van der Waals surface area contributed by atoms with Gasteiger partial charge in [-0.25, -0.2) is 0 Å². The SMILES string of the molecule is CC(CCN1CCC(CNC(=O)c2cccc3ccccc23)CC1)c1ccccc1. The standard InChI is InChI=1S/C27H32N2O/c1-21(23-8-3-2-4-9-23)14-17-29-18-15-22(16-19-29)20-28-27(30)26-13-7-11-24-10-5-6-12-25(24)26/h2-13,21-22H,14-20H2,1H3,(H,28,30). The quantitative estimate of drug-likeness (QED) is 0.570. The number of hydrogen-bond donors (Lipinski definition) is 1. The van der Waals surface area contributed by atoms with Crippen molar-refractivity contribution in [3.63, 3.8) is 0 Å². The second-order valence-corrected chi connectivity index (χ2v) is 8.62. The van der Waals surface area contributed by atoms with Crippen LogP contribution in [0.2, 0.25) is 0 Å². The summed E-state index contributed by atoms with van der Waals surface area (Å²) in [4.78, 5) is 15.3. The number of carbonyl (C=O) groups excluding carboxylic acids is 1. The Bertz CT molecular complexity index is 956. The summed E-state index contributed by atoms with van der Waals surface area (Å²) in [5, 5.41) is 5.33. The topological polar surface area (TPSA) is 32.3 Å². The first-order valence-corrected chi connectivity index (χ1v) is 11.2. The summed E-state index contributed by atoms with van der Waals surface area (Å²) in [5.74, 6) is 1.22. The molecule has 156 valence electrons. The van der Waals surface area contributed by atoms with E-state index in [4.69, 9.17) is 0 Å². The molecule has 1 unspecified atom stereocenters. The summed E-state index contributed by atoms with van der Waals surface area (Å²) in [6.45, 7) is 6.53. The van der Waals surface area contributed by atoms with Crippen molar-refractivity contribution >= 4 is 16.7 Å². The molecule has 0 spiro atoms. The molecule has 3 aromatic carbocycles. The Kier molecular flexibility index (Phi) is 6.81. The van der Waals surface area contributed by atoms with E-state index in [2.05, 4.69) is 59.6 Å². The van der Waals surface area contributed by atoms with Crippen molar-refractivity contribution in [1.29, 1.82) is 0 Å². The summed E-state index contributed by atoms with van der Waals surface area (Å²) in [6.07, 6.45) is 3.53. The van der Waals surface area contributed by atoms with Crippen LogP contribution in [0, 0.1) is 5.92 Å². The van der Waals surface area contributed by atoms with Gasteiger partial charge in [-0.1, -0.05) is 73.7 Å². The molecule has 1 heterocycles. The Labute approximate surface area is 180 Å². The van der Waals surface area contributed by atoms with Gasteiger partial charge in [-0.2, -0.15) is 0 Å². The minimum Gasteiger partial charge on any atom is -0.352 e. The molecule has 0 radical (unpaired) electrons. The van der Waals surface area contributed by atoms with Crippen LogP contribution in [0.3, 0.4) is 0 Å². The van der Waals surface area contributed by atoms with Crippen molar-refractivity contribution in [2.75, 3.05) is 26.2 Å². The Morgan fingerprint density at radius 3 is 2.47 bits per heavy atom. The lowest BCUT2D eigenvalue weighted by atomic mass is 9.94. The van der Waals surface area contributed by atoms with E-state index < -0.39 is 0 Å². The van der Waals surface area contributed by atoms with Crippen molar-refractivity contribution < 1.29 is 4.79 Å². The molecule has 1 N–H and O–H groups in total. The van der Waals surface area contributed by atoms with Gasteiger partial charge in [-0.3, -0.25) is 4.79 Å². The van der Waals surface area contributed by atoms with E-state index in [-0.39, 0.29) is 5.91 Å². The van der Waals surface area contributed by atoms with E-state index in [0.29, 0.717) is 11.8 Å². The van der Waals surface area contributed by atoms with Crippen molar-refractivity contribution in [1.82, 2.24) is 10.2 Å². The van der Waals surface area contributed by atoms with Crippen molar-refractivity contribution in [2.45, 2.75) is 32.1 Å². The first kappa shape index (κ1) is 20.6. The minimum atomic E-state index is 0.0471. The Hall–Kier alpha value is -2.65. The molecule has 0 aliphatic carbocycles. The van der Waals surface area contributed by atoms with Gasteiger partial charge in [0.05, 0.1) is 0 Å². The van der Waals surface area contributed by atoms with Gasteiger partial charge in [-0.05, 0) is 73.1 Å². The van der Waals surface area contributed by atoms with Crippen LogP contribution >= 0.6 is 0 Å². The van der Waals surface area contributed by atoms with E-state index >= 15 is 0 Å². The van der Waals surface area contributed by atoms with Crippen LogP contribution in [-0.2, 0) is 0 Å². The van der Waals surface area contributed by atoms with Crippen LogP contribution in [0.5, 0.6) is 0 Å². The van der Waals surface area contributed by atoms with Gasteiger partial charge in [0.15, 0.2) is 0 Å². The number of amides is 1. The normalized spacial score (nSPS) is 16.4. The first-order chi connectivity index (χ1) is 14.7. The van der Waals surface area contributed by atoms with Crippen LogP contribution in [0.4, 0.5) is 0 Å². The van der Waals surface area contributed by atoms with Crippen LogP contribution in [0.25, 0.3) is 10.8 Å². The molecule has 0 bridgehead atoms. The van der Waals surface area contributed by atoms with E-state index in [9.17, 15) is 4.79 Å². The number of likely N-dealkylation sites (tertiary alicyclic amines) is 1. The van der Waals surface area contributed by atoms with E-state index in [1.54, 1.807) is 0 Å². The lowest BCUT2D eigenvalue weighted by Crippen LogP contribution is -2.39. The highest BCUT2D eigenvalue weighted by molar-refractivity contribution is 6.06. The molecule has 3 aromatic rings. The predicted octanol–water partition coefficient (Wildman–Crippen LogP) is 5.48. The lowest BCUT2D eigenvalue weighted by molar-refractivity contribution is 0.0937. The zero-order chi connectivity index (χ0) is 20.8. The van der Waals surface area contributed by atoms with Gasteiger partial charge in [0.1, 0.15) is 0 Å². The highest BCUT2D eigenvalue weighted by Crippen LogP contribution is 2.22. The largest absolute Gasteiger partial charge is 0.352 e. The second-order valence-electron chi connectivity index (χ2n) is 8.62. The van der Waals surface area contributed by atoms with Crippen molar-refractivity contribution in [3.05, 3.63) is 83.9 Å². The second kappa shape index (κ2) is 9.90. The van der Waals surface area contributed by atoms with Crippen LogP contribution in [0.15, 0.2) is 72.8 Å². The Balaban J connectivity index is 1.22. The number of benzene rings is 3. The van der Waals surface area contributed by atoms with E-state index in [1.807, 2.05) is 30.3 Å². The fraction of sp³-hybridized carbons (Fsp3) is 0.370. The van der Waals surface area contributed by atoms with Crippen LogP contribution in [0.1, 0.15) is 48.0 Å². The molecule has 3 heteroatoms. The highest BCUT2D eigenvalue weighted by Gasteiger charge is 2.20. The lowest BCUT2D eigenvalue weighted by Gasteiger charge is -2.32. The number of carbonyl (C=O) groups is 1. The Morgan fingerprint density at radius 2 is 1.67 bits per heavy atom. The van der Waals surface area contributed by atoms with Gasteiger partial charge in [0.2, 0.25) is 0 Å². The zero-order valence-electron chi connectivity index (χ0n) is 17.9. The molecule has 0 saturated carbocycles. The van der Waals surface area contributed by atoms with Gasteiger partial charge < -0.3 is 10.2 Å². The third-order valence-electron chi connectivity index (χ3n) is 6.54. The number of hydrogen-bond acceptors (Lipinski definition) is 2. The number of rotatable bonds is 7. The molecule has 1 aliphatic heterocycles. The maximum Gasteiger partial charge on any atom is 0.251 e. The zero-order valence-corrected chi connectivity index (χ0v) is 17.9. The van der Waals surface area contributed by atoms with Crippen LogP contribution in [-0.4, -0.2) is 37.0 Å². The third kappa shape index (κ3) is 5.09. The molecule has 1 atom stereocenters. The fourth-order valence-electron chi connectivity index (χ4n) is 4.49. The monoisotopic (exact) mass is 400 g/mol. The number of piperidine rings is 1. The van der Waals surface area contributed by atoms with E-state index in [0.717, 1.165) is 55.4 Å². The fourth-order valence-corrected chi connectivity index (χ4v) is 4.49. The summed E-state index contributed by atoms with van der Waals surface area (Å²) in [5.41, 5.74) is 2.21. The first-order valence-electron chi connectivity index (χ1n) is 11.2. The molecule has 4 rings (SSSR count). The molecular weight excluding hydrogens is 368 g/mol. The molecule has 1 aliphatic rings. The summed E-state index contributed by atoms with van der Waals surface area (Å²) in [7, 11) is 0. The van der Waals surface area contributed by atoms with Crippen LogP contribution < -0.4 is 5.32 Å². The van der Waals surface area contributed by atoms with Gasteiger partial charge in [0, 0.05) is 12.1 Å². The molecule has 1 amide bonds. The van der Waals surface area contributed by atoms with Gasteiger partial charge >= 0.3 is 0 Å². The van der Waals surface area contributed by atoms with Crippen molar-refractivity contribution in [2.24, 2.45) is 5.92 Å². The number of nitrogens with one attached hydrogen (secondary N) is 1. The smallest absolute Gasteiger partial charge is 0.251 e. The van der Waals surface area contributed by atoms with E-state index in [1.165, 1.54) is 12.0 Å².